The summed E-state index contributed by atoms with van der Waals surface area (Å²) in [6, 6.07) is 14.9. The molecule has 0 saturated heterocycles. The Labute approximate surface area is 124 Å². The van der Waals surface area contributed by atoms with Crippen molar-refractivity contribution < 1.29 is 14.4 Å². The molecule has 0 radical (unpaired) electrons. The molecule has 0 atom stereocenters. The zero-order valence-electron chi connectivity index (χ0n) is 12.1. The maximum absolute atomic E-state index is 10.6. The Morgan fingerprint density at radius 1 is 1.14 bits per heavy atom. The molecule has 4 nitrogen and oxygen atoms in total. The van der Waals surface area contributed by atoms with Gasteiger partial charge in [0.05, 0.1) is 0 Å². The molecule has 2 aromatic rings. The smallest absolute Gasteiger partial charge is 0.150 e. The molecule has 0 spiro atoms. The fourth-order valence-corrected chi connectivity index (χ4v) is 1.95. The van der Waals surface area contributed by atoms with Crippen molar-refractivity contribution in [2.45, 2.75) is 6.92 Å². The van der Waals surface area contributed by atoms with Crippen LogP contribution >= 0.6 is 0 Å². The van der Waals surface area contributed by atoms with Gasteiger partial charge < -0.3 is 9.57 Å². The molecule has 0 N–H and O–H groups in total. The number of hydrogen-bond acceptors (Lipinski definition) is 4. The van der Waals surface area contributed by atoms with Crippen LogP contribution in [-0.4, -0.2) is 25.7 Å². The predicted molar refractivity (Wildman–Crippen MR) is 82.0 cm³/mol. The van der Waals surface area contributed by atoms with Crippen molar-refractivity contribution in [1.82, 2.24) is 0 Å². The molecule has 21 heavy (non-hydrogen) atoms. The molecule has 0 amide bonds. The molecule has 108 valence electrons. The van der Waals surface area contributed by atoms with Crippen molar-refractivity contribution in [1.29, 1.82) is 0 Å². The Hall–Kier alpha value is -2.62. The SMILES string of the molecule is CO/N=C(/COc1ccc(C=O)cc1)c1ccccc1C. The van der Waals surface area contributed by atoms with E-state index in [1.54, 1.807) is 24.3 Å². The third kappa shape index (κ3) is 3.92. The predicted octanol–water partition coefficient (Wildman–Crippen LogP) is 3.24. The minimum atomic E-state index is 0.291. The van der Waals surface area contributed by atoms with Gasteiger partial charge in [-0.1, -0.05) is 29.4 Å². The first kappa shape index (κ1) is 14.8. The van der Waals surface area contributed by atoms with Crippen LogP contribution in [0.1, 0.15) is 21.5 Å². The number of hydrogen-bond donors (Lipinski definition) is 0. The third-order valence-electron chi connectivity index (χ3n) is 3.05. The summed E-state index contributed by atoms with van der Waals surface area (Å²) in [6.07, 6.45) is 0.801. The zero-order valence-corrected chi connectivity index (χ0v) is 12.1. The average molecular weight is 283 g/mol. The fraction of sp³-hybridized carbons (Fsp3) is 0.176. The van der Waals surface area contributed by atoms with Gasteiger partial charge in [0.25, 0.3) is 0 Å². The van der Waals surface area contributed by atoms with Crippen LogP contribution in [0.2, 0.25) is 0 Å². The molecule has 0 aliphatic heterocycles. The molecule has 4 heteroatoms. The second-order valence-corrected chi connectivity index (χ2v) is 4.51. The van der Waals surface area contributed by atoms with Gasteiger partial charge in [-0.2, -0.15) is 0 Å². The van der Waals surface area contributed by atoms with Gasteiger partial charge in [0.15, 0.2) is 0 Å². The lowest BCUT2D eigenvalue weighted by molar-refractivity contribution is 0.112. The minimum Gasteiger partial charge on any atom is -0.487 e. The first-order valence-corrected chi connectivity index (χ1v) is 6.58. The summed E-state index contributed by atoms with van der Waals surface area (Å²) < 4.78 is 5.70. The Bertz CT molecular complexity index is 633. The molecule has 0 aliphatic carbocycles. The summed E-state index contributed by atoms with van der Waals surface area (Å²) in [5, 5.41) is 4.04. The van der Waals surface area contributed by atoms with Crippen LogP contribution in [0.3, 0.4) is 0 Å². The first-order valence-electron chi connectivity index (χ1n) is 6.58. The van der Waals surface area contributed by atoms with E-state index < -0.39 is 0 Å². The molecule has 2 rings (SSSR count). The second-order valence-electron chi connectivity index (χ2n) is 4.51. The average Bonchev–Trinajstić information content (AvgIpc) is 2.53. The number of aryl methyl sites for hydroxylation is 1. The number of carbonyl (C=O) groups is 1. The van der Waals surface area contributed by atoms with Crippen molar-refractivity contribution >= 4 is 12.0 Å². The maximum atomic E-state index is 10.6. The number of nitrogens with zero attached hydrogens (tertiary/aromatic N) is 1. The first-order chi connectivity index (χ1) is 10.2. The van der Waals surface area contributed by atoms with Gasteiger partial charge >= 0.3 is 0 Å². The maximum Gasteiger partial charge on any atom is 0.150 e. The summed E-state index contributed by atoms with van der Waals surface area (Å²) in [7, 11) is 1.51. The molecule has 0 unspecified atom stereocenters. The van der Waals surface area contributed by atoms with E-state index in [0.29, 0.717) is 17.9 Å². The van der Waals surface area contributed by atoms with E-state index in [0.717, 1.165) is 23.1 Å². The molecule has 2 aromatic carbocycles. The highest BCUT2D eigenvalue weighted by atomic mass is 16.6. The number of carbonyl (C=O) groups excluding carboxylic acids is 1. The van der Waals surface area contributed by atoms with Gasteiger partial charge in [-0.15, -0.1) is 0 Å². The molecular weight excluding hydrogens is 266 g/mol. The van der Waals surface area contributed by atoms with E-state index >= 15 is 0 Å². The summed E-state index contributed by atoms with van der Waals surface area (Å²) in [5.74, 6) is 0.679. The highest BCUT2D eigenvalue weighted by Gasteiger charge is 2.08. The number of oxime groups is 1. The number of aldehydes is 1. The van der Waals surface area contributed by atoms with Gasteiger partial charge in [-0.3, -0.25) is 4.79 Å². The van der Waals surface area contributed by atoms with Gasteiger partial charge in [0.2, 0.25) is 0 Å². The number of benzene rings is 2. The molecule has 0 saturated carbocycles. The van der Waals surface area contributed by atoms with Crippen molar-refractivity contribution in [3.05, 3.63) is 65.2 Å². The Kier molecular flexibility index (Phi) is 5.10. The second kappa shape index (κ2) is 7.24. The van der Waals surface area contributed by atoms with Crippen LogP contribution in [0, 0.1) is 6.92 Å². The van der Waals surface area contributed by atoms with Gasteiger partial charge in [0.1, 0.15) is 31.5 Å². The van der Waals surface area contributed by atoms with Crippen LogP contribution in [0.4, 0.5) is 0 Å². The molecule has 0 aliphatic rings. The Morgan fingerprint density at radius 2 is 1.86 bits per heavy atom. The van der Waals surface area contributed by atoms with Crippen LogP contribution in [0.15, 0.2) is 53.7 Å². The van der Waals surface area contributed by atoms with Gasteiger partial charge in [-0.05, 0) is 36.8 Å². The Morgan fingerprint density at radius 3 is 2.48 bits per heavy atom. The molecule has 0 aromatic heterocycles. The molecule has 0 fully saturated rings. The molecule has 0 heterocycles. The monoisotopic (exact) mass is 283 g/mol. The van der Waals surface area contributed by atoms with Crippen molar-refractivity contribution in [3.63, 3.8) is 0 Å². The Balaban J connectivity index is 2.12. The number of rotatable bonds is 6. The van der Waals surface area contributed by atoms with Crippen LogP contribution in [0.25, 0.3) is 0 Å². The lowest BCUT2D eigenvalue weighted by Gasteiger charge is -2.10. The zero-order chi connectivity index (χ0) is 15.1. The molecular formula is C17H17NO3. The van der Waals surface area contributed by atoms with E-state index in [-0.39, 0.29) is 0 Å². The van der Waals surface area contributed by atoms with Gasteiger partial charge in [-0.25, -0.2) is 0 Å². The standard InChI is InChI=1S/C17H17NO3/c1-13-5-3-4-6-16(13)17(18-20-2)12-21-15-9-7-14(11-19)8-10-15/h3-11H,12H2,1-2H3/b18-17-. The highest BCUT2D eigenvalue weighted by molar-refractivity contribution is 6.02. The summed E-state index contributed by atoms with van der Waals surface area (Å²) in [6.45, 7) is 2.30. The minimum absolute atomic E-state index is 0.291. The van der Waals surface area contributed by atoms with Crippen molar-refractivity contribution in [2.75, 3.05) is 13.7 Å². The van der Waals surface area contributed by atoms with Crippen molar-refractivity contribution in [3.8, 4) is 5.75 Å². The van der Waals surface area contributed by atoms with E-state index in [9.17, 15) is 4.79 Å². The van der Waals surface area contributed by atoms with Crippen LogP contribution in [-0.2, 0) is 4.84 Å². The van der Waals surface area contributed by atoms with E-state index in [1.807, 2.05) is 31.2 Å². The fourth-order valence-electron chi connectivity index (χ4n) is 1.95. The molecule has 0 bridgehead atoms. The third-order valence-corrected chi connectivity index (χ3v) is 3.05. The topological polar surface area (TPSA) is 47.9 Å². The van der Waals surface area contributed by atoms with Crippen LogP contribution in [0.5, 0.6) is 5.75 Å². The lowest BCUT2D eigenvalue weighted by Crippen LogP contribution is -2.14. The largest absolute Gasteiger partial charge is 0.487 e. The van der Waals surface area contributed by atoms with Gasteiger partial charge in [0, 0.05) is 11.1 Å². The van der Waals surface area contributed by atoms with E-state index in [4.69, 9.17) is 9.57 Å². The van der Waals surface area contributed by atoms with E-state index in [1.165, 1.54) is 7.11 Å². The van der Waals surface area contributed by atoms with Crippen LogP contribution < -0.4 is 4.74 Å². The normalized spacial score (nSPS) is 11.0. The summed E-state index contributed by atoms with van der Waals surface area (Å²) >= 11 is 0. The quantitative estimate of drug-likeness (QED) is 0.464. The number of ether oxygens (including phenoxy) is 1. The lowest BCUT2D eigenvalue weighted by atomic mass is 10.0. The van der Waals surface area contributed by atoms with E-state index in [2.05, 4.69) is 5.16 Å². The van der Waals surface area contributed by atoms with Crippen molar-refractivity contribution in [2.24, 2.45) is 5.16 Å². The highest BCUT2D eigenvalue weighted by Crippen LogP contribution is 2.14. The summed E-state index contributed by atoms with van der Waals surface area (Å²) in [5.41, 5.74) is 3.43. The summed E-state index contributed by atoms with van der Waals surface area (Å²) in [4.78, 5) is 15.5.